The van der Waals surface area contributed by atoms with Gasteiger partial charge in [0.2, 0.25) is 0 Å². The zero-order valence-electron chi connectivity index (χ0n) is 6.18. The molecular formula is C6H13NO2. The Bertz CT molecular complexity index is 104. The maximum Gasteiger partial charge on any atom is 0.0833 e. The molecule has 0 radical (unpaired) electrons. The first kappa shape index (κ1) is 8.43. The van der Waals surface area contributed by atoms with Gasteiger partial charge < -0.3 is 14.4 Å². The number of carbonyl (C=O) groups excluding carboxylic acids is 1. The number of quaternary nitrogens is 1. The van der Waals surface area contributed by atoms with E-state index in [0.717, 1.165) is 0 Å². The Balaban J connectivity index is 3.39. The monoisotopic (exact) mass is 131 g/mol. The molecule has 54 valence electrons. The van der Waals surface area contributed by atoms with Crippen LogP contribution in [0.2, 0.25) is 0 Å². The van der Waals surface area contributed by atoms with Crippen LogP contribution >= 0.6 is 0 Å². The van der Waals surface area contributed by atoms with Crippen molar-refractivity contribution in [3.8, 4) is 0 Å². The molecular weight excluding hydrogens is 118 g/mol. The second-order valence-corrected chi connectivity index (χ2v) is 3.14. The van der Waals surface area contributed by atoms with Crippen LogP contribution < -0.4 is 5.11 Å². The summed E-state index contributed by atoms with van der Waals surface area (Å²) in [4.78, 5) is 9.92. The van der Waals surface area contributed by atoms with Crippen LogP contribution in [0, 0.1) is 0 Å². The molecule has 0 aromatic heterocycles. The Kier molecular flexibility index (Phi) is 2.65. The molecule has 0 aromatic rings. The van der Waals surface area contributed by atoms with Crippen LogP contribution in [-0.4, -0.2) is 38.1 Å². The number of hydrogen-bond acceptors (Lipinski definition) is 2. The lowest BCUT2D eigenvalue weighted by Crippen LogP contribution is -2.38. The first-order chi connectivity index (χ1) is 3.92. The van der Waals surface area contributed by atoms with Gasteiger partial charge in [0.25, 0.3) is 0 Å². The highest BCUT2D eigenvalue weighted by atomic mass is 16.4. The van der Waals surface area contributed by atoms with Gasteiger partial charge in [-0.3, -0.25) is 0 Å². The molecule has 0 amide bonds. The predicted molar refractivity (Wildman–Crippen MR) is 32.5 cm³/mol. The van der Waals surface area contributed by atoms with Gasteiger partial charge in [0, 0.05) is 12.4 Å². The summed E-state index contributed by atoms with van der Waals surface area (Å²) in [6.45, 7) is 0.627. The Labute approximate surface area is 55.5 Å². The van der Waals surface area contributed by atoms with Gasteiger partial charge in [-0.25, -0.2) is 0 Å². The van der Waals surface area contributed by atoms with Gasteiger partial charge in [-0.05, 0) is 0 Å². The van der Waals surface area contributed by atoms with Gasteiger partial charge in [0.15, 0.2) is 0 Å². The molecule has 0 heterocycles. The number of carbonyl (C=O) groups is 1. The summed E-state index contributed by atoms with van der Waals surface area (Å²) in [5.74, 6) is -0.969. The third-order valence-electron chi connectivity index (χ3n) is 0.987. The van der Waals surface area contributed by atoms with Crippen molar-refractivity contribution in [2.75, 3.05) is 27.7 Å². The number of carboxylic acids is 1. The summed E-state index contributed by atoms with van der Waals surface area (Å²) in [6.07, 6.45) is 0.142. The molecule has 9 heavy (non-hydrogen) atoms. The maximum atomic E-state index is 9.92. The molecule has 0 unspecified atom stereocenters. The number of aliphatic carboxylic acids is 1. The van der Waals surface area contributed by atoms with E-state index in [1.165, 1.54) is 0 Å². The summed E-state index contributed by atoms with van der Waals surface area (Å²) in [5, 5.41) is 9.92. The minimum atomic E-state index is -0.969. The van der Waals surface area contributed by atoms with Crippen LogP contribution in [0.5, 0.6) is 0 Å². The van der Waals surface area contributed by atoms with Gasteiger partial charge in [-0.1, -0.05) is 0 Å². The Hall–Kier alpha value is -0.570. The largest absolute Gasteiger partial charge is 0.550 e. The molecule has 0 aliphatic heterocycles. The van der Waals surface area contributed by atoms with Crippen LogP contribution in [0.4, 0.5) is 0 Å². The zero-order valence-corrected chi connectivity index (χ0v) is 6.18. The standard InChI is InChI=1S/C6H13NO2/c1-7(2,3)5-4-6(8)9/h4-5H2,1-3H3. The minimum Gasteiger partial charge on any atom is -0.550 e. The minimum absolute atomic E-state index is 0.142. The van der Waals surface area contributed by atoms with Gasteiger partial charge in [-0.15, -0.1) is 0 Å². The van der Waals surface area contributed by atoms with Crippen LogP contribution in [0.15, 0.2) is 0 Å². The molecule has 3 heteroatoms. The van der Waals surface area contributed by atoms with E-state index in [1.807, 2.05) is 21.1 Å². The van der Waals surface area contributed by atoms with Crippen molar-refractivity contribution in [3.63, 3.8) is 0 Å². The Morgan fingerprint density at radius 1 is 1.44 bits per heavy atom. The highest BCUT2D eigenvalue weighted by Gasteiger charge is 2.04. The van der Waals surface area contributed by atoms with Crippen LogP contribution in [0.1, 0.15) is 6.42 Å². The van der Waals surface area contributed by atoms with Crippen molar-refractivity contribution in [1.29, 1.82) is 0 Å². The fraction of sp³-hybridized carbons (Fsp3) is 0.833. The lowest BCUT2D eigenvalue weighted by atomic mass is 10.4. The average Bonchev–Trinajstić information content (AvgIpc) is 1.59. The second-order valence-electron chi connectivity index (χ2n) is 3.14. The summed E-state index contributed by atoms with van der Waals surface area (Å²) in [7, 11) is 5.84. The van der Waals surface area contributed by atoms with Crippen molar-refractivity contribution in [3.05, 3.63) is 0 Å². The van der Waals surface area contributed by atoms with Crippen molar-refractivity contribution in [2.45, 2.75) is 6.42 Å². The number of hydrogen-bond donors (Lipinski definition) is 0. The molecule has 0 atom stereocenters. The number of carboxylic acid groups (broad SMARTS) is 1. The first-order valence-electron chi connectivity index (χ1n) is 2.92. The van der Waals surface area contributed by atoms with E-state index in [0.29, 0.717) is 11.0 Å². The van der Waals surface area contributed by atoms with E-state index < -0.39 is 5.97 Å². The van der Waals surface area contributed by atoms with Crippen molar-refractivity contribution in [1.82, 2.24) is 0 Å². The van der Waals surface area contributed by atoms with E-state index in [2.05, 4.69) is 0 Å². The van der Waals surface area contributed by atoms with Crippen molar-refractivity contribution < 1.29 is 14.4 Å². The van der Waals surface area contributed by atoms with E-state index in [9.17, 15) is 9.90 Å². The van der Waals surface area contributed by atoms with Gasteiger partial charge in [0.05, 0.1) is 27.7 Å². The Morgan fingerprint density at radius 3 is 2.00 bits per heavy atom. The van der Waals surface area contributed by atoms with Gasteiger partial charge in [-0.2, -0.15) is 0 Å². The first-order valence-corrected chi connectivity index (χ1v) is 2.92. The molecule has 0 spiro atoms. The van der Waals surface area contributed by atoms with E-state index in [-0.39, 0.29) is 6.42 Å². The SMILES string of the molecule is C[N+](C)(C)CCC(=O)[O-]. The summed E-state index contributed by atoms with van der Waals surface area (Å²) < 4.78 is 0.675. The van der Waals surface area contributed by atoms with E-state index in [4.69, 9.17) is 0 Å². The molecule has 0 N–H and O–H groups in total. The van der Waals surface area contributed by atoms with Crippen molar-refractivity contribution >= 4 is 5.97 Å². The summed E-state index contributed by atoms with van der Waals surface area (Å²) in [5.41, 5.74) is 0. The molecule has 0 aromatic carbocycles. The Morgan fingerprint density at radius 2 is 1.89 bits per heavy atom. The fourth-order valence-electron chi connectivity index (χ4n) is 0.427. The number of rotatable bonds is 3. The molecule has 0 aliphatic rings. The molecule has 0 saturated carbocycles. The molecule has 0 fully saturated rings. The third-order valence-corrected chi connectivity index (χ3v) is 0.987. The zero-order chi connectivity index (χ0) is 7.49. The lowest BCUT2D eigenvalue weighted by molar-refractivity contribution is -0.870. The molecule has 0 aliphatic carbocycles. The lowest BCUT2D eigenvalue weighted by Gasteiger charge is -2.23. The van der Waals surface area contributed by atoms with Gasteiger partial charge >= 0.3 is 0 Å². The van der Waals surface area contributed by atoms with Crippen LogP contribution in [0.3, 0.4) is 0 Å². The molecule has 3 nitrogen and oxygen atoms in total. The molecule has 0 bridgehead atoms. The number of nitrogens with zero attached hydrogens (tertiary/aromatic N) is 1. The fourth-order valence-corrected chi connectivity index (χ4v) is 0.427. The van der Waals surface area contributed by atoms with Crippen LogP contribution in [0.25, 0.3) is 0 Å². The van der Waals surface area contributed by atoms with Crippen molar-refractivity contribution in [2.24, 2.45) is 0 Å². The van der Waals surface area contributed by atoms with Gasteiger partial charge in [0.1, 0.15) is 0 Å². The van der Waals surface area contributed by atoms with Crippen LogP contribution in [-0.2, 0) is 4.79 Å². The highest BCUT2D eigenvalue weighted by Crippen LogP contribution is 1.90. The average molecular weight is 131 g/mol. The maximum absolute atomic E-state index is 9.92. The third kappa shape index (κ3) is 7.43. The summed E-state index contributed by atoms with van der Waals surface area (Å²) in [6, 6.07) is 0. The smallest absolute Gasteiger partial charge is 0.0833 e. The second kappa shape index (κ2) is 2.82. The topological polar surface area (TPSA) is 40.1 Å². The highest BCUT2D eigenvalue weighted by molar-refractivity contribution is 5.64. The summed E-state index contributed by atoms with van der Waals surface area (Å²) >= 11 is 0. The molecule has 0 rings (SSSR count). The van der Waals surface area contributed by atoms with E-state index in [1.54, 1.807) is 0 Å². The normalized spacial score (nSPS) is 11.4. The predicted octanol–water partition coefficient (Wildman–Crippen LogP) is -1.17. The quantitative estimate of drug-likeness (QED) is 0.453. The van der Waals surface area contributed by atoms with E-state index >= 15 is 0 Å². The molecule has 0 saturated heterocycles.